The molecule has 0 N–H and O–H groups in total. The first kappa shape index (κ1) is 20.7. The van der Waals surface area contributed by atoms with Gasteiger partial charge in [0.1, 0.15) is 0 Å². The van der Waals surface area contributed by atoms with Gasteiger partial charge < -0.3 is 0 Å². The quantitative estimate of drug-likeness (QED) is 0.596. The van der Waals surface area contributed by atoms with Crippen LogP contribution in [0.4, 0.5) is 0 Å². The van der Waals surface area contributed by atoms with E-state index in [1.807, 2.05) is 62.5 Å². The second kappa shape index (κ2) is 8.08. The van der Waals surface area contributed by atoms with Crippen LogP contribution >= 0.6 is 0 Å². The van der Waals surface area contributed by atoms with Gasteiger partial charge in [0, 0.05) is 50.0 Å². The van der Waals surface area contributed by atoms with Crippen molar-refractivity contribution in [2.24, 2.45) is 0 Å². The van der Waals surface area contributed by atoms with Gasteiger partial charge in [-0.1, -0.05) is 59.7 Å². The number of rotatable bonds is 4. The van der Waals surface area contributed by atoms with E-state index < -0.39 is 5.54 Å². The molecule has 0 spiro atoms. The smallest absolute Gasteiger partial charge is 0.196 e. The minimum atomic E-state index is -1.28. The zero-order valence-corrected chi connectivity index (χ0v) is 18.5. The van der Waals surface area contributed by atoms with Crippen molar-refractivity contribution in [1.29, 1.82) is 0 Å². The van der Waals surface area contributed by atoms with Crippen molar-refractivity contribution < 1.29 is 9.59 Å². The number of piperazine rings is 1. The highest BCUT2D eigenvalue weighted by atomic mass is 16.2. The number of benzene rings is 2. The van der Waals surface area contributed by atoms with Crippen molar-refractivity contribution in [2.75, 3.05) is 26.2 Å². The monoisotopic (exact) mass is 425 g/mol. The van der Waals surface area contributed by atoms with E-state index in [1.165, 1.54) is 0 Å². The van der Waals surface area contributed by atoms with E-state index in [4.69, 9.17) is 0 Å². The maximum absolute atomic E-state index is 13.9. The Kier molecular flexibility index (Phi) is 5.24. The number of carbonyl (C=O) groups excluding carboxylic acids is 2. The van der Waals surface area contributed by atoms with E-state index in [1.54, 1.807) is 12.1 Å². The first-order valence-corrected chi connectivity index (χ1v) is 11.1. The van der Waals surface area contributed by atoms with Gasteiger partial charge in [0.25, 0.3) is 0 Å². The van der Waals surface area contributed by atoms with E-state index in [9.17, 15) is 9.59 Å². The molecule has 3 aromatic rings. The number of pyridine rings is 1. The molecule has 1 aliphatic heterocycles. The van der Waals surface area contributed by atoms with Crippen LogP contribution in [0.3, 0.4) is 0 Å². The molecule has 162 valence electrons. The van der Waals surface area contributed by atoms with Gasteiger partial charge in [-0.25, -0.2) is 0 Å². The summed E-state index contributed by atoms with van der Waals surface area (Å²) in [4.78, 5) is 36.8. The maximum atomic E-state index is 13.9. The molecule has 0 amide bonds. The normalized spacial score (nSPS) is 18.7. The van der Waals surface area contributed by atoms with E-state index in [-0.39, 0.29) is 11.6 Å². The maximum Gasteiger partial charge on any atom is 0.196 e. The van der Waals surface area contributed by atoms with Crippen LogP contribution in [0.5, 0.6) is 0 Å². The number of hydrogen-bond acceptors (Lipinski definition) is 5. The molecule has 0 saturated carbocycles. The molecular weight excluding hydrogens is 398 g/mol. The Labute approximate surface area is 188 Å². The van der Waals surface area contributed by atoms with E-state index >= 15 is 0 Å². The Morgan fingerprint density at radius 1 is 0.812 bits per heavy atom. The average molecular weight is 426 g/mol. The minimum absolute atomic E-state index is 0.0960. The lowest BCUT2D eigenvalue weighted by molar-refractivity contribution is 0.0277. The number of Topliss-reactive ketones (excluding diaryl/α,β-unsaturated/α-hetero) is 2. The number of fused-ring (bicyclic) bond motifs is 1. The van der Waals surface area contributed by atoms with Gasteiger partial charge in [-0.3, -0.25) is 24.4 Å². The summed E-state index contributed by atoms with van der Waals surface area (Å²) in [7, 11) is 0. The standard InChI is InChI=1S/C27H27N3O2/c1-19-15-20(2)17-21(16-19)27(25(31)23-8-3-4-9-24(23)26(27)32)30-13-11-29(12-14-30)18-22-7-5-6-10-28-22/h3-10,15-17H,11-14,18H2,1-2H3. The highest BCUT2D eigenvalue weighted by Crippen LogP contribution is 2.43. The van der Waals surface area contributed by atoms with E-state index in [0.29, 0.717) is 24.2 Å². The largest absolute Gasteiger partial charge is 0.295 e. The number of hydrogen-bond donors (Lipinski definition) is 0. The van der Waals surface area contributed by atoms with Crippen molar-refractivity contribution >= 4 is 11.6 Å². The molecule has 1 aromatic heterocycles. The predicted octanol–water partition coefficient (Wildman–Crippen LogP) is 3.79. The average Bonchev–Trinajstić information content (AvgIpc) is 3.02. The molecule has 2 aromatic carbocycles. The first-order valence-electron chi connectivity index (χ1n) is 11.1. The lowest BCUT2D eigenvalue weighted by Gasteiger charge is -2.44. The molecule has 1 fully saturated rings. The molecule has 5 nitrogen and oxygen atoms in total. The van der Waals surface area contributed by atoms with Gasteiger partial charge in [0.15, 0.2) is 17.1 Å². The Bertz CT molecular complexity index is 1130. The third kappa shape index (κ3) is 3.29. The van der Waals surface area contributed by atoms with Crippen molar-refractivity contribution in [3.05, 3.63) is 100 Å². The number of carbonyl (C=O) groups is 2. The van der Waals surface area contributed by atoms with Crippen LogP contribution in [-0.2, 0) is 12.1 Å². The number of nitrogens with zero attached hydrogens (tertiary/aromatic N) is 3. The zero-order valence-electron chi connectivity index (χ0n) is 18.5. The van der Waals surface area contributed by atoms with Crippen LogP contribution in [0.25, 0.3) is 0 Å². The molecule has 5 rings (SSSR count). The molecule has 0 unspecified atom stereocenters. The third-order valence-electron chi connectivity index (χ3n) is 6.67. The summed E-state index contributed by atoms with van der Waals surface area (Å²) in [6, 6.07) is 19.3. The summed E-state index contributed by atoms with van der Waals surface area (Å²) in [6.07, 6.45) is 1.81. The highest BCUT2D eigenvalue weighted by Gasteiger charge is 2.58. The van der Waals surface area contributed by atoms with Gasteiger partial charge in [-0.2, -0.15) is 0 Å². The van der Waals surface area contributed by atoms with Crippen LogP contribution in [0.1, 0.15) is 43.1 Å². The zero-order chi connectivity index (χ0) is 22.3. The van der Waals surface area contributed by atoms with Gasteiger partial charge >= 0.3 is 0 Å². The minimum Gasteiger partial charge on any atom is -0.295 e. The molecule has 1 saturated heterocycles. The fourth-order valence-corrected chi connectivity index (χ4v) is 5.25. The molecule has 0 atom stereocenters. The highest BCUT2D eigenvalue weighted by molar-refractivity contribution is 6.32. The van der Waals surface area contributed by atoms with E-state index in [0.717, 1.165) is 42.0 Å². The van der Waals surface area contributed by atoms with Crippen LogP contribution < -0.4 is 0 Å². The van der Waals surface area contributed by atoms with Gasteiger partial charge in [-0.05, 0) is 31.5 Å². The molecule has 0 bridgehead atoms. The molecule has 1 aliphatic carbocycles. The first-order chi connectivity index (χ1) is 15.5. The summed E-state index contributed by atoms with van der Waals surface area (Å²) in [6.45, 7) is 7.65. The number of aromatic nitrogens is 1. The summed E-state index contributed by atoms with van der Waals surface area (Å²) in [5.41, 5.74) is 3.73. The second-order valence-corrected chi connectivity index (χ2v) is 8.87. The lowest BCUT2D eigenvalue weighted by atomic mass is 9.81. The van der Waals surface area contributed by atoms with Crippen molar-refractivity contribution in [1.82, 2.24) is 14.8 Å². The van der Waals surface area contributed by atoms with Crippen molar-refractivity contribution in [3.8, 4) is 0 Å². The molecule has 5 heteroatoms. The van der Waals surface area contributed by atoms with Crippen LogP contribution in [0.2, 0.25) is 0 Å². The molecule has 2 heterocycles. The summed E-state index contributed by atoms with van der Waals surface area (Å²) in [5.74, 6) is -0.192. The second-order valence-electron chi connectivity index (χ2n) is 8.87. The number of aryl methyl sites for hydroxylation is 2. The Hall–Kier alpha value is -3.15. The van der Waals surface area contributed by atoms with Gasteiger partial charge in [-0.15, -0.1) is 0 Å². The summed E-state index contributed by atoms with van der Waals surface area (Å²) < 4.78 is 0. The van der Waals surface area contributed by atoms with Gasteiger partial charge in [0.2, 0.25) is 0 Å². The third-order valence-corrected chi connectivity index (χ3v) is 6.67. The SMILES string of the molecule is Cc1cc(C)cc(C2(N3CCN(Cc4ccccn4)CC3)C(=O)c3ccccc3C2=O)c1. The molecular formula is C27H27N3O2. The summed E-state index contributed by atoms with van der Waals surface area (Å²) in [5, 5.41) is 0. The fourth-order valence-electron chi connectivity index (χ4n) is 5.25. The van der Waals surface area contributed by atoms with Gasteiger partial charge in [0.05, 0.1) is 5.69 Å². The molecule has 32 heavy (non-hydrogen) atoms. The Balaban J connectivity index is 1.51. The Morgan fingerprint density at radius 2 is 1.41 bits per heavy atom. The topological polar surface area (TPSA) is 53.5 Å². The van der Waals surface area contributed by atoms with Crippen LogP contribution in [-0.4, -0.2) is 52.5 Å². The number of ketones is 2. The van der Waals surface area contributed by atoms with Crippen LogP contribution in [0.15, 0.2) is 66.9 Å². The fraction of sp³-hybridized carbons (Fsp3) is 0.296. The Morgan fingerprint density at radius 3 is 1.97 bits per heavy atom. The van der Waals surface area contributed by atoms with Crippen LogP contribution in [0, 0.1) is 13.8 Å². The lowest BCUT2D eigenvalue weighted by Crippen LogP contribution is -2.60. The predicted molar refractivity (Wildman–Crippen MR) is 124 cm³/mol. The summed E-state index contributed by atoms with van der Waals surface area (Å²) >= 11 is 0. The molecule has 0 radical (unpaired) electrons. The van der Waals surface area contributed by atoms with Crippen molar-refractivity contribution in [2.45, 2.75) is 25.9 Å². The molecule has 2 aliphatic rings. The van der Waals surface area contributed by atoms with Crippen molar-refractivity contribution in [3.63, 3.8) is 0 Å². The van der Waals surface area contributed by atoms with E-state index in [2.05, 4.69) is 20.9 Å².